The summed E-state index contributed by atoms with van der Waals surface area (Å²) in [5.41, 5.74) is 0. The molecule has 0 aromatic heterocycles. The highest BCUT2D eigenvalue weighted by Gasteiger charge is 2.40. The topological polar surface area (TPSA) is 41.9 Å². The molecule has 5 heteroatoms. The van der Waals surface area contributed by atoms with Gasteiger partial charge in [0.05, 0.1) is 19.2 Å². The van der Waals surface area contributed by atoms with Crippen LogP contribution in [-0.4, -0.2) is 36.3 Å². The molecule has 0 fully saturated rings. The summed E-state index contributed by atoms with van der Waals surface area (Å²) in [6.45, 7) is 5.79. The summed E-state index contributed by atoms with van der Waals surface area (Å²) in [6, 6.07) is 19.3. The zero-order chi connectivity index (χ0) is 17.0. The lowest BCUT2D eigenvalue weighted by molar-refractivity contribution is 0.267. The van der Waals surface area contributed by atoms with E-state index in [0.29, 0.717) is 25.6 Å². The van der Waals surface area contributed by atoms with Crippen molar-refractivity contribution in [1.29, 1.82) is 0 Å². The molecule has 1 aliphatic heterocycles. The van der Waals surface area contributed by atoms with Gasteiger partial charge in [-0.1, -0.05) is 36.4 Å². The van der Waals surface area contributed by atoms with E-state index in [0.717, 1.165) is 10.6 Å². The molecular weight excluding hydrogens is 319 g/mol. The van der Waals surface area contributed by atoms with E-state index in [1.54, 1.807) is 0 Å². The second kappa shape index (κ2) is 7.33. The molecule has 1 heterocycles. The lowest BCUT2D eigenvalue weighted by atomic mass is 10.3. The Morgan fingerprint density at radius 2 is 1.62 bits per heavy atom. The normalized spacial score (nSPS) is 18.9. The molecule has 0 aliphatic carbocycles. The molecular formula is C19H23N2O2P. The molecule has 0 spiro atoms. The largest absolute Gasteiger partial charge is 0.480 e. The molecule has 1 aliphatic rings. The van der Waals surface area contributed by atoms with Crippen LogP contribution in [0.3, 0.4) is 0 Å². The van der Waals surface area contributed by atoms with Crippen molar-refractivity contribution in [3.63, 3.8) is 0 Å². The van der Waals surface area contributed by atoms with E-state index >= 15 is 0 Å². The Labute approximate surface area is 143 Å². The molecule has 0 N–H and O–H groups in total. The van der Waals surface area contributed by atoms with Crippen molar-refractivity contribution in [1.82, 2.24) is 4.67 Å². The summed E-state index contributed by atoms with van der Waals surface area (Å²) in [7, 11) is -2.94. The van der Waals surface area contributed by atoms with E-state index in [1.165, 1.54) is 0 Å². The van der Waals surface area contributed by atoms with Gasteiger partial charge in [-0.05, 0) is 38.1 Å². The van der Waals surface area contributed by atoms with Gasteiger partial charge in [-0.25, -0.2) is 4.67 Å². The smallest absolute Gasteiger partial charge is 0.207 e. The zero-order valence-corrected chi connectivity index (χ0v) is 15.0. The minimum absolute atomic E-state index is 0.120. The van der Waals surface area contributed by atoms with Crippen molar-refractivity contribution in [2.75, 3.05) is 19.7 Å². The fraction of sp³-hybridized carbons (Fsp3) is 0.316. The standard InChI is InChI=1S/C19H23N2O2P/c1-3-23-19-16(2)21(15-14-20-19)24(22,17-10-6-4-7-11-17)18-12-8-5-9-13-18/h4-13,16H,3,14-15H2,1-2H3. The third-order valence-corrected chi connectivity index (χ3v) is 7.53. The zero-order valence-electron chi connectivity index (χ0n) is 14.1. The van der Waals surface area contributed by atoms with Crippen molar-refractivity contribution in [3.8, 4) is 0 Å². The predicted octanol–water partition coefficient (Wildman–Crippen LogP) is 3.05. The summed E-state index contributed by atoms with van der Waals surface area (Å²) in [5.74, 6) is 0.677. The lowest BCUT2D eigenvalue weighted by Crippen LogP contribution is -2.47. The Hall–Kier alpha value is -1.90. The van der Waals surface area contributed by atoms with E-state index < -0.39 is 7.29 Å². The van der Waals surface area contributed by atoms with Crippen LogP contribution in [0.15, 0.2) is 65.7 Å². The first kappa shape index (κ1) is 16.9. The van der Waals surface area contributed by atoms with E-state index in [4.69, 9.17) is 4.74 Å². The third-order valence-electron chi connectivity index (χ3n) is 4.27. The van der Waals surface area contributed by atoms with Crippen molar-refractivity contribution >= 4 is 23.8 Å². The van der Waals surface area contributed by atoms with Gasteiger partial charge in [-0.2, -0.15) is 0 Å². The van der Waals surface area contributed by atoms with Crippen molar-refractivity contribution in [3.05, 3.63) is 60.7 Å². The Morgan fingerprint density at radius 3 is 2.12 bits per heavy atom. The number of rotatable bonds is 4. The molecule has 0 saturated carbocycles. The second-order valence-corrected chi connectivity index (χ2v) is 8.44. The number of hydrogen-bond donors (Lipinski definition) is 0. The number of hydrogen-bond acceptors (Lipinski definition) is 3. The Morgan fingerprint density at radius 1 is 1.08 bits per heavy atom. The second-order valence-electron chi connectivity index (χ2n) is 5.74. The average molecular weight is 342 g/mol. The average Bonchev–Trinajstić information content (AvgIpc) is 2.64. The first-order valence-electron chi connectivity index (χ1n) is 8.33. The lowest BCUT2D eigenvalue weighted by Gasteiger charge is -2.38. The fourth-order valence-electron chi connectivity index (χ4n) is 3.12. The van der Waals surface area contributed by atoms with Gasteiger partial charge in [0.25, 0.3) is 0 Å². The molecule has 2 aromatic rings. The van der Waals surface area contributed by atoms with Crippen LogP contribution in [0.4, 0.5) is 0 Å². The maximum Gasteiger partial charge on any atom is 0.207 e. The van der Waals surface area contributed by atoms with Gasteiger partial charge in [0.2, 0.25) is 13.2 Å². The van der Waals surface area contributed by atoms with Crippen LogP contribution in [0.1, 0.15) is 13.8 Å². The Balaban J connectivity index is 2.10. The number of ether oxygens (including phenoxy) is 1. The van der Waals surface area contributed by atoms with Crippen molar-refractivity contribution < 1.29 is 9.30 Å². The van der Waals surface area contributed by atoms with Crippen LogP contribution in [-0.2, 0) is 9.30 Å². The molecule has 0 saturated heterocycles. The summed E-state index contributed by atoms with van der Waals surface area (Å²) in [6.07, 6.45) is 0. The first-order chi connectivity index (χ1) is 11.7. The number of aliphatic imine (C=N–C) groups is 1. The van der Waals surface area contributed by atoms with Gasteiger partial charge in [0, 0.05) is 17.2 Å². The molecule has 0 bridgehead atoms. The maximum atomic E-state index is 14.3. The highest BCUT2D eigenvalue weighted by atomic mass is 31.2. The van der Waals surface area contributed by atoms with Crippen molar-refractivity contribution in [2.45, 2.75) is 19.9 Å². The van der Waals surface area contributed by atoms with E-state index in [1.807, 2.05) is 74.5 Å². The molecule has 3 rings (SSSR count). The summed E-state index contributed by atoms with van der Waals surface area (Å²) in [5, 5.41) is 1.70. The van der Waals surface area contributed by atoms with Gasteiger partial charge in [-0.3, -0.25) is 9.56 Å². The van der Waals surface area contributed by atoms with Crippen LogP contribution in [0.25, 0.3) is 0 Å². The van der Waals surface area contributed by atoms with Gasteiger partial charge in [0.15, 0.2) is 0 Å². The minimum Gasteiger partial charge on any atom is -0.480 e. The van der Waals surface area contributed by atoms with E-state index in [2.05, 4.69) is 9.66 Å². The maximum absolute atomic E-state index is 14.3. The molecule has 2 aromatic carbocycles. The Kier molecular flexibility index (Phi) is 5.17. The van der Waals surface area contributed by atoms with Gasteiger partial charge < -0.3 is 4.74 Å². The van der Waals surface area contributed by atoms with Gasteiger partial charge in [-0.15, -0.1) is 0 Å². The predicted molar refractivity (Wildman–Crippen MR) is 99.9 cm³/mol. The molecule has 0 radical (unpaired) electrons. The van der Waals surface area contributed by atoms with Crippen LogP contribution < -0.4 is 10.6 Å². The molecule has 1 atom stereocenters. The summed E-state index contributed by atoms with van der Waals surface area (Å²) in [4.78, 5) is 4.48. The van der Waals surface area contributed by atoms with Crippen molar-refractivity contribution in [2.24, 2.45) is 4.99 Å². The summed E-state index contributed by atoms with van der Waals surface area (Å²) < 4.78 is 22.1. The van der Waals surface area contributed by atoms with Crippen LogP contribution in [0.2, 0.25) is 0 Å². The Bertz CT molecular complexity index is 703. The molecule has 1 unspecified atom stereocenters. The monoisotopic (exact) mass is 342 g/mol. The first-order valence-corrected chi connectivity index (χ1v) is 9.99. The highest BCUT2D eigenvalue weighted by Crippen LogP contribution is 2.49. The fourth-order valence-corrected chi connectivity index (χ4v) is 6.12. The van der Waals surface area contributed by atoms with E-state index in [-0.39, 0.29) is 6.04 Å². The van der Waals surface area contributed by atoms with Gasteiger partial charge in [0.1, 0.15) is 0 Å². The molecule has 126 valence electrons. The van der Waals surface area contributed by atoms with Crippen LogP contribution in [0.5, 0.6) is 0 Å². The number of nitrogens with zero attached hydrogens (tertiary/aromatic N) is 2. The van der Waals surface area contributed by atoms with E-state index in [9.17, 15) is 4.57 Å². The molecule has 24 heavy (non-hydrogen) atoms. The molecule has 0 amide bonds. The van der Waals surface area contributed by atoms with Crippen LogP contribution >= 0.6 is 7.29 Å². The van der Waals surface area contributed by atoms with Gasteiger partial charge >= 0.3 is 0 Å². The summed E-state index contributed by atoms with van der Waals surface area (Å²) >= 11 is 0. The van der Waals surface area contributed by atoms with Crippen LogP contribution in [0, 0.1) is 0 Å². The SMILES string of the molecule is CCOC1=NCCN(P(=O)(c2ccccc2)c2ccccc2)C1C. The quantitative estimate of drug-likeness (QED) is 0.802. The molecule has 4 nitrogen and oxygen atoms in total. The highest BCUT2D eigenvalue weighted by molar-refractivity contribution is 7.76. The minimum atomic E-state index is -2.94. The third kappa shape index (κ3) is 3.04. The number of benzene rings is 2.